The van der Waals surface area contributed by atoms with E-state index in [9.17, 15) is 0 Å². The molecular weight excluding hydrogens is 224 g/mol. The second-order valence-corrected chi connectivity index (χ2v) is 5.05. The Labute approximate surface area is 114 Å². The zero-order valence-electron chi connectivity index (χ0n) is 12.7. The van der Waals surface area contributed by atoms with Crippen LogP contribution in [-0.4, -0.2) is 26.4 Å². The standard InChI is InChI=1S/C16H34O2/c1-3-5-6-7-8-9-10-11-14-18-16-12-15-17-13-4-2/h3-16H2,1-2H3. The lowest BCUT2D eigenvalue weighted by molar-refractivity contribution is 0.0813. The molecule has 0 amide bonds. The van der Waals surface area contributed by atoms with Gasteiger partial charge >= 0.3 is 0 Å². The molecule has 0 bridgehead atoms. The van der Waals surface area contributed by atoms with Crippen LogP contribution in [0, 0.1) is 0 Å². The third kappa shape index (κ3) is 15.9. The van der Waals surface area contributed by atoms with Gasteiger partial charge in [-0.1, -0.05) is 58.8 Å². The summed E-state index contributed by atoms with van der Waals surface area (Å²) in [6, 6.07) is 0. The van der Waals surface area contributed by atoms with E-state index in [1.807, 2.05) is 0 Å². The van der Waals surface area contributed by atoms with Crippen LogP contribution >= 0.6 is 0 Å². The highest BCUT2D eigenvalue weighted by molar-refractivity contribution is 4.46. The van der Waals surface area contributed by atoms with E-state index in [2.05, 4.69) is 13.8 Å². The minimum atomic E-state index is 0.852. The molecule has 0 aliphatic carbocycles. The van der Waals surface area contributed by atoms with E-state index < -0.39 is 0 Å². The Kier molecular flexibility index (Phi) is 16.8. The molecule has 110 valence electrons. The summed E-state index contributed by atoms with van der Waals surface area (Å²) < 4.78 is 11.0. The molecule has 2 heteroatoms. The molecule has 0 saturated heterocycles. The van der Waals surface area contributed by atoms with Gasteiger partial charge in [-0.05, 0) is 19.3 Å². The SMILES string of the molecule is CCCCCCCCCCOCCCOCCC. The van der Waals surface area contributed by atoms with Gasteiger partial charge in [0.25, 0.3) is 0 Å². The lowest BCUT2D eigenvalue weighted by atomic mass is 10.1. The van der Waals surface area contributed by atoms with Gasteiger partial charge in [-0.25, -0.2) is 0 Å². The molecule has 0 aliphatic rings. The van der Waals surface area contributed by atoms with Gasteiger partial charge in [0.2, 0.25) is 0 Å². The molecule has 0 spiro atoms. The third-order valence-electron chi connectivity index (χ3n) is 3.07. The quantitative estimate of drug-likeness (QED) is 0.386. The van der Waals surface area contributed by atoms with Crippen molar-refractivity contribution in [1.82, 2.24) is 0 Å². The Hall–Kier alpha value is -0.0800. The fourth-order valence-electron chi connectivity index (χ4n) is 1.95. The Morgan fingerprint density at radius 1 is 0.444 bits per heavy atom. The van der Waals surface area contributed by atoms with E-state index in [0.29, 0.717) is 0 Å². The van der Waals surface area contributed by atoms with Crippen LogP contribution in [0.15, 0.2) is 0 Å². The molecule has 0 rings (SSSR count). The number of ether oxygens (including phenoxy) is 2. The normalized spacial score (nSPS) is 11.0. The van der Waals surface area contributed by atoms with E-state index in [1.165, 1.54) is 51.4 Å². The predicted molar refractivity (Wildman–Crippen MR) is 79.2 cm³/mol. The van der Waals surface area contributed by atoms with Gasteiger partial charge < -0.3 is 9.47 Å². The van der Waals surface area contributed by atoms with E-state index in [4.69, 9.17) is 9.47 Å². The zero-order chi connectivity index (χ0) is 13.3. The highest BCUT2D eigenvalue weighted by atomic mass is 16.5. The van der Waals surface area contributed by atoms with Gasteiger partial charge in [-0.2, -0.15) is 0 Å². The summed E-state index contributed by atoms with van der Waals surface area (Å²) in [4.78, 5) is 0. The van der Waals surface area contributed by atoms with E-state index in [1.54, 1.807) is 0 Å². The van der Waals surface area contributed by atoms with Crippen LogP contribution in [0.3, 0.4) is 0 Å². The largest absolute Gasteiger partial charge is 0.381 e. The summed E-state index contributed by atoms with van der Waals surface area (Å²) >= 11 is 0. The molecule has 0 aliphatic heterocycles. The second-order valence-electron chi connectivity index (χ2n) is 5.05. The van der Waals surface area contributed by atoms with Crippen LogP contribution < -0.4 is 0 Å². The minimum absolute atomic E-state index is 0.852. The summed E-state index contributed by atoms with van der Waals surface area (Å²) in [5.74, 6) is 0. The summed E-state index contributed by atoms with van der Waals surface area (Å²) in [7, 11) is 0. The van der Waals surface area contributed by atoms with Crippen LogP contribution in [0.25, 0.3) is 0 Å². The van der Waals surface area contributed by atoms with Crippen molar-refractivity contribution in [3.63, 3.8) is 0 Å². The van der Waals surface area contributed by atoms with Crippen molar-refractivity contribution in [2.75, 3.05) is 26.4 Å². The molecule has 0 unspecified atom stereocenters. The number of unbranched alkanes of at least 4 members (excludes halogenated alkanes) is 7. The molecule has 0 radical (unpaired) electrons. The highest BCUT2D eigenvalue weighted by Gasteiger charge is 1.93. The molecule has 0 atom stereocenters. The zero-order valence-corrected chi connectivity index (χ0v) is 12.7. The highest BCUT2D eigenvalue weighted by Crippen LogP contribution is 2.08. The first-order chi connectivity index (χ1) is 8.91. The lowest BCUT2D eigenvalue weighted by Gasteiger charge is -2.05. The van der Waals surface area contributed by atoms with Crippen LogP contribution in [0.4, 0.5) is 0 Å². The van der Waals surface area contributed by atoms with Gasteiger partial charge in [0.15, 0.2) is 0 Å². The predicted octanol–water partition coefficient (Wildman–Crippen LogP) is 4.96. The van der Waals surface area contributed by atoms with E-state index in [0.717, 1.165) is 39.3 Å². The maximum Gasteiger partial charge on any atom is 0.0487 e. The van der Waals surface area contributed by atoms with Gasteiger partial charge in [-0.15, -0.1) is 0 Å². The summed E-state index contributed by atoms with van der Waals surface area (Å²) in [6.07, 6.45) is 13.1. The second kappa shape index (κ2) is 16.9. The van der Waals surface area contributed by atoms with Crippen molar-refractivity contribution in [2.24, 2.45) is 0 Å². The monoisotopic (exact) mass is 258 g/mol. The Bertz CT molecular complexity index is 121. The lowest BCUT2D eigenvalue weighted by Crippen LogP contribution is -2.02. The first-order valence-electron chi connectivity index (χ1n) is 8.07. The summed E-state index contributed by atoms with van der Waals surface area (Å²) in [5.41, 5.74) is 0. The third-order valence-corrected chi connectivity index (χ3v) is 3.07. The van der Waals surface area contributed by atoms with E-state index >= 15 is 0 Å². The number of rotatable bonds is 15. The van der Waals surface area contributed by atoms with Crippen LogP contribution in [-0.2, 0) is 9.47 Å². The topological polar surface area (TPSA) is 18.5 Å². The summed E-state index contributed by atoms with van der Waals surface area (Å²) in [5, 5.41) is 0. The maximum absolute atomic E-state index is 5.58. The van der Waals surface area contributed by atoms with Crippen molar-refractivity contribution >= 4 is 0 Å². The number of hydrogen-bond donors (Lipinski definition) is 0. The van der Waals surface area contributed by atoms with Gasteiger partial charge in [-0.3, -0.25) is 0 Å². The average molecular weight is 258 g/mol. The van der Waals surface area contributed by atoms with Crippen molar-refractivity contribution in [3.05, 3.63) is 0 Å². The fraction of sp³-hybridized carbons (Fsp3) is 1.00. The molecule has 18 heavy (non-hydrogen) atoms. The molecule has 0 aromatic carbocycles. The fourth-order valence-corrected chi connectivity index (χ4v) is 1.95. The molecular formula is C16H34O2. The Morgan fingerprint density at radius 3 is 1.56 bits per heavy atom. The van der Waals surface area contributed by atoms with Crippen LogP contribution in [0.1, 0.15) is 78.1 Å². The van der Waals surface area contributed by atoms with Gasteiger partial charge in [0.1, 0.15) is 0 Å². The smallest absolute Gasteiger partial charge is 0.0487 e. The first kappa shape index (κ1) is 17.9. The molecule has 0 aromatic heterocycles. The molecule has 0 fully saturated rings. The van der Waals surface area contributed by atoms with Crippen molar-refractivity contribution in [3.8, 4) is 0 Å². The number of hydrogen-bond acceptors (Lipinski definition) is 2. The van der Waals surface area contributed by atoms with E-state index in [-0.39, 0.29) is 0 Å². The minimum Gasteiger partial charge on any atom is -0.381 e. The summed E-state index contributed by atoms with van der Waals surface area (Å²) in [6.45, 7) is 7.94. The Morgan fingerprint density at radius 2 is 0.944 bits per heavy atom. The molecule has 0 saturated carbocycles. The Balaban J connectivity index is 2.86. The molecule has 0 heterocycles. The molecule has 0 aromatic rings. The van der Waals surface area contributed by atoms with Gasteiger partial charge in [0, 0.05) is 26.4 Å². The first-order valence-corrected chi connectivity index (χ1v) is 8.07. The van der Waals surface area contributed by atoms with Crippen LogP contribution in [0.5, 0.6) is 0 Å². The molecule has 2 nitrogen and oxygen atoms in total. The van der Waals surface area contributed by atoms with Crippen molar-refractivity contribution < 1.29 is 9.47 Å². The van der Waals surface area contributed by atoms with Crippen LogP contribution in [0.2, 0.25) is 0 Å². The molecule has 0 N–H and O–H groups in total. The average Bonchev–Trinajstić information content (AvgIpc) is 2.39. The van der Waals surface area contributed by atoms with Crippen molar-refractivity contribution in [1.29, 1.82) is 0 Å². The van der Waals surface area contributed by atoms with Gasteiger partial charge in [0.05, 0.1) is 0 Å². The van der Waals surface area contributed by atoms with Crippen molar-refractivity contribution in [2.45, 2.75) is 78.1 Å². The maximum atomic E-state index is 5.58.